The Morgan fingerprint density at radius 1 is 1.17 bits per heavy atom. The fourth-order valence-corrected chi connectivity index (χ4v) is 1.44. The van der Waals surface area contributed by atoms with E-state index in [0.717, 1.165) is 5.56 Å². The van der Waals surface area contributed by atoms with Gasteiger partial charge in [-0.25, -0.2) is 0 Å². The van der Waals surface area contributed by atoms with Gasteiger partial charge >= 0.3 is 37.7 Å². The van der Waals surface area contributed by atoms with Gasteiger partial charge in [0.05, 0.1) is 16.0 Å². The zero-order chi connectivity index (χ0) is 13.5. The number of hydrogen-bond acceptors (Lipinski definition) is 4. The van der Waals surface area contributed by atoms with Crippen LogP contribution >= 0.6 is 0 Å². The molecule has 4 nitrogen and oxygen atoms in total. The summed E-state index contributed by atoms with van der Waals surface area (Å²) in [6.45, 7) is 3.85. The predicted molar refractivity (Wildman–Crippen MR) is 78.1 cm³/mol. The summed E-state index contributed by atoms with van der Waals surface area (Å²) in [6, 6.07) is 9.74. The Balaban J connectivity index is 0. The molecule has 18 heavy (non-hydrogen) atoms. The van der Waals surface area contributed by atoms with Gasteiger partial charge in [0.2, 0.25) is 0 Å². The first-order valence-electron chi connectivity index (χ1n) is 4.77. The van der Waals surface area contributed by atoms with Crippen LogP contribution in [0.25, 0.3) is 0 Å². The van der Waals surface area contributed by atoms with Crippen LogP contribution in [0.1, 0.15) is 19.4 Å². The summed E-state index contributed by atoms with van der Waals surface area (Å²) in [4.78, 5) is 19.8. The van der Waals surface area contributed by atoms with Crippen molar-refractivity contribution in [1.82, 2.24) is 5.32 Å². The Bertz CT molecular complexity index is 382. The van der Waals surface area contributed by atoms with Crippen LogP contribution in [0.3, 0.4) is 0 Å². The SMILES string of the molecule is CC(C)(NC(=O)[S-])c1ccccc1.NC(=O)[S-].[Ca+2]. The largest absolute Gasteiger partial charge is 2.00 e. The first kappa shape index (κ1) is 20.2. The number of rotatable bonds is 2. The van der Waals surface area contributed by atoms with Crippen molar-refractivity contribution in [3.05, 3.63) is 35.9 Å². The summed E-state index contributed by atoms with van der Waals surface area (Å²) >= 11 is 8.24. The summed E-state index contributed by atoms with van der Waals surface area (Å²) in [5, 5.41) is 1.54. The number of nitrogens with one attached hydrogen (secondary N) is 1. The van der Waals surface area contributed by atoms with Crippen molar-refractivity contribution in [1.29, 1.82) is 0 Å². The number of carbonyl (C=O) groups excluding carboxylic acids is 2. The van der Waals surface area contributed by atoms with Crippen molar-refractivity contribution in [2.24, 2.45) is 5.73 Å². The van der Waals surface area contributed by atoms with E-state index in [9.17, 15) is 4.79 Å². The molecule has 2 amide bonds. The van der Waals surface area contributed by atoms with Gasteiger partial charge < -0.3 is 45.9 Å². The second kappa shape index (κ2) is 9.75. The van der Waals surface area contributed by atoms with E-state index in [4.69, 9.17) is 4.79 Å². The maximum atomic E-state index is 10.7. The van der Waals surface area contributed by atoms with Crippen molar-refractivity contribution in [3.63, 3.8) is 0 Å². The molecule has 0 unspecified atom stereocenters. The Kier molecular flexibility index (Phi) is 10.9. The molecule has 0 aliphatic carbocycles. The normalized spacial score (nSPS) is 9.22. The number of amides is 2. The molecule has 7 heteroatoms. The molecule has 0 aromatic heterocycles. The van der Waals surface area contributed by atoms with E-state index >= 15 is 0 Å². The van der Waals surface area contributed by atoms with Gasteiger partial charge in [-0.3, -0.25) is 0 Å². The van der Waals surface area contributed by atoms with Crippen LogP contribution in [0.2, 0.25) is 0 Å². The summed E-state index contributed by atoms with van der Waals surface area (Å²) in [5.41, 5.74) is 4.95. The van der Waals surface area contributed by atoms with Gasteiger partial charge in [0.1, 0.15) is 0 Å². The molecule has 0 fully saturated rings. The molecule has 0 saturated carbocycles. The fourth-order valence-electron chi connectivity index (χ4n) is 1.18. The van der Waals surface area contributed by atoms with Gasteiger partial charge in [0.25, 0.3) is 0 Å². The third kappa shape index (κ3) is 9.85. The Hall–Kier alpha value is -0.140. The maximum absolute atomic E-state index is 10.7. The molecule has 0 aliphatic rings. The van der Waals surface area contributed by atoms with Gasteiger partial charge in [0.15, 0.2) is 0 Å². The molecular formula is C11H14CaN2O2S2. The number of carbonyl (C=O) groups is 2. The first-order chi connectivity index (χ1) is 7.75. The smallest absolute Gasteiger partial charge is 0.719 e. The van der Waals surface area contributed by atoms with E-state index in [0.29, 0.717) is 0 Å². The zero-order valence-corrected chi connectivity index (χ0v) is 14.1. The summed E-state index contributed by atoms with van der Waals surface area (Å²) in [7, 11) is 0. The van der Waals surface area contributed by atoms with Crippen molar-refractivity contribution in [3.8, 4) is 0 Å². The Morgan fingerprint density at radius 3 is 1.89 bits per heavy atom. The number of primary amides is 1. The van der Waals surface area contributed by atoms with Gasteiger partial charge in [-0.05, 0) is 19.4 Å². The maximum Gasteiger partial charge on any atom is 2.00 e. The third-order valence-electron chi connectivity index (χ3n) is 1.91. The van der Waals surface area contributed by atoms with E-state index in [-0.39, 0.29) is 43.3 Å². The fraction of sp³-hybridized carbons (Fsp3) is 0.273. The Labute approximate surface area is 148 Å². The topological polar surface area (TPSA) is 72.2 Å². The van der Waals surface area contributed by atoms with Crippen LogP contribution in [-0.2, 0) is 30.8 Å². The first-order valence-corrected chi connectivity index (χ1v) is 5.58. The van der Waals surface area contributed by atoms with Crippen LogP contribution in [0.15, 0.2) is 30.3 Å². The molecular weight excluding hydrogens is 296 g/mol. The van der Waals surface area contributed by atoms with Crippen molar-refractivity contribution in [2.75, 3.05) is 0 Å². The van der Waals surface area contributed by atoms with Crippen LogP contribution in [0.5, 0.6) is 0 Å². The standard InChI is InChI=1S/C10H13NOS.CH3NOS.Ca/c1-10(2,11-9(12)13)8-6-4-3-5-7-8;2-1(3)4;/h3-7H,1-2H3,(H2,11,12,13);(H3,2,3,4);/q;;+2/p-2. The summed E-state index contributed by atoms with van der Waals surface area (Å²) < 4.78 is 0. The molecule has 1 aromatic rings. The summed E-state index contributed by atoms with van der Waals surface area (Å²) in [5.74, 6) is 0. The van der Waals surface area contributed by atoms with E-state index in [1.807, 2.05) is 44.2 Å². The molecule has 1 rings (SSSR count). The molecule has 94 valence electrons. The quantitative estimate of drug-likeness (QED) is 0.640. The van der Waals surface area contributed by atoms with Crippen molar-refractivity contribution < 1.29 is 9.59 Å². The number of benzene rings is 1. The average Bonchev–Trinajstić information content (AvgIpc) is 2.16. The molecule has 0 aliphatic heterocycles. The van der Waals surface area contributed by atoms with E-state index in [1.165, 1.54) is 0 Å². The van der Waals surface area contributed by atoms with Crippen LogP contribution in [-0.4, -0.2) is 48.2 Å². The van der Waals surface area contributed by atoms with Crippen molar-refractivity contribution in [2.45, 2.75) is 19.4 Å². The second-order valence-corrected chi connectivity index (χ2v) is 4.50. The molecule has 0 spiro atoms. The number of nitrogens with two attached hydrogens (primary N) is 1. The van der Waals surface area contributed by atoms with Crippen LogP contribution < -0.4 is 11.1 Å². The molecule has 0 radical (unpaired) electrons. The van der Waals surface area contributed by atoms with Gasteiger partial charge in [-0.15, -0.1) is 0 Å². The van der Waals surface area contributed by atoms with E-state index < -0.39 is 10.5 Å². The minimum Gasteiger partial charge on any atom is -0.719 e. The third-order valence-corrected chi connectivity index (χ3v) is 2.01. The van der Waals surface area contributed by atoms with Gasteiger partial charge in [-0.2, -0.15) is 0 Å². The van der Waals surface area contributed by atoms with Gasteiger partial charge in [0, 0.05) is 0 Å². The predicted octanol–water partition coefficient (Wildman–Crippen LogP) is 1.41. The van der Waals surface area contributed by atoms with Crippen molar-refractivity contribution >= 4 is 73.5 Å². The van der Waals surface area contributed by atoms with E-state index in [2.05, 4.69) is 36.3 Å². The molecule has 1 aromatic carbocycles. The minimum absolute atomic E-state index is 0. The van der Waals surface area contributed by atoms with Crippen LogP contribution in [0, 0.1) is 0 Å². The molecule has 0 atom stereocenters. The molecule has 0 bridgehead atoms. The average molecular weight is 310 g/mol. The van der Waals surface area contributed by atoms with Crippen LogP contribution in [0.4, 0.5) is 9.59 Å². The van der Waals surface area contributed by atoms with E-state index in [1.54, 1.807) is 0 Å². The molecule has 3 N–H and O–H groups in total. The molecule has 0 saturated heterocycles. The molecule has 0 heterocycles. The zero-order valence-electron chi connectivity index (χ0n) is 10.3. The number of hydrogen-bond donors (Lipinski definition) is 2. The summed E-state index contributed by atoms with van der Waals surface area (Å²) in [6.07, 6.45) is 0. The minimum atomic E-state index is -0.750. The van der Waals surface area contributed by atoms with Gasteiger partial charge in [-0.1, -0.05) is 30.3 Å². The second-order valence-electron chi connectivity index (χ2n) is 3.72. The Morgan fingerprint density at radius 2 is 1.56 bits per heavy atom. The monoisotopic (exact) mass is 310 g/mol.